The molecule has 1 aliphatic heterocycles. The van der Waals surface area contributed by atoms with E-state index in [1.807, 2.05) is 60.7 Å². The highest BCUT2D eigenvalue weighted by Gasteiger charge is 2.41. The predicted molar refractivity (Wildman–Crippen MR) is 136 cm³/mol. The lowest BCUT2D eigenvalue weighted by atomic mass is 10.0. The number of rotatable bonds is 8. The molecule has 4 rings (SSSR count). The van der Waals surface area contributed by atoms with Crippen LogP contribution < -0.4 is 10.6 Å². The molecule has 1 saturated heterocycles. The highest BCUT2D eigenvalue weighted by molar-refractivity contribution is 5.95. The number of esters is 1. The number of hydrogen-bond acceptors (Lipinski definition) is 5. The van der Waals surface area contributed by atoms with Gasteiger partial charge in [0.1, 0.15) is 12.6 Å². The van der Waals surface area contributed by atoms with Crippen molar-refractivity contribution in [2.24, 2.45) is 0 Å². The summed E-state index contributed by atoms with van der Waals surface area (Å²) in [4.78, 5) is 50.9. The number of carbonyl (C=O) groups excluding carboxylic acids is 3. The highest BCUT2D eigenvalue weighted by atomic mass is 16.5. The van der Waals surface area contributed by atoms with Gasteiger partial charge in [-0.2, -0.15) is 0 Å². The zero-order chi connectivity index (χ0) is 26.2. The van der Waals surface area contributed by atoms with Gasteiger partial charge in [0.25, 0.3) is 0 Å². The highest BCUT2D eigenvalue weighted by Crippen LogP contribution is 2.36. The van der Waals surface area contributed by atoms with Crippen LogP contribution in [-0.2, 0) is 20.9 Å². The van der Waals surface area contributed by atoms with Gasteiger partial charge in [-0.15, -0.1) is 0 Å². The van der Waals surface area contributed by atoms with Crippen molar-refractivity contribution < 1.29 is 29.0 Å². The van der Waals surface area contributed by atoms with Crippen LogP contribution in [0.25, 0.3) is 0 Å². The van der Waals surface area contributed by atoms with E-state index in [2.05, 4.69) is 10.6 Å². The smallest absolute Gasteiger partial charge is 0.338 e. The second kappa shape index (κ2) is 11.9. The van der Waals surface area contributed by atoms with E-state index in [0.717, 1.165) is 11.1 Å². The van der Waals surface area contributed by atoms with Crippen LogP contribution in [-0.4, -0.2) is 46.5 Å². The van der Waals surface area contributed by atoms with E-state index in [-0.39, 0.29) is 24.8 Å². The van der Waals surface area contributed by atoms with Crippen molar-refractivity contribution in [1.82, 2.24) is 10.2 Å². The molecule has 2 atom stereocenters. The molecule has 37 heavy (non-hydrogen) atoms. The lowest BCUT2D eigenvalue weighted by molar-refractivity contribution is -0.149. The van der Waals surface area contributed by atoms with Crippen molar-refractivity contribution in [3.05, 3.63) is 102 Å². The number of carboxylic acid groups (broad SMARTS) is 1. The maximum Gasteiger partial charge on any atom is 0.338 e. The number of hydrogen-bond donors (Lipinski definition) is 3. The number of amides is 3. The molecule has 1 fully saturated rings. The van der Waals surface area contributed by atoms with Gasteiger partial charge in [0, 0.05) is 5.69 Å². The first-order valence-electron chi connectivity index (χ1n) is 11.9. The van der Waals surface area contributed by atoms with E-state index < -0.39 is 29.9 Å². The third kappa shape index (κ3) is 6.52. The van der Waals surface area contributed by atoms with Gasteiger partial charge in [-0.1, -0.05) is 66.7 Å². The first kappa shape index (κ1) is 25.4. The number of carboxylic acids is 1. The molecule has 2 unspecified atom stereocenters. The zero-order valence-electron chi connectivity index (χ0n) is 20.0. The Morgan fingerprint density at radius 2 is 1.59 bits per heavy atom. The fourth-order valence-corrected chi connectivity index (χ4v) is 4.36. The van der Waals surface area contributed by atoms with E-state index >= 15 is 0 Å². The Morgan fingerprint density at radius 1 is 0.892 bits per heavy atom. The lowest BCUT2D eigenvalue weighted by Crippen LogP contribution is -2.47. The number of nitrogens with one attached hydrogen (secondary N) is 2. The molecule has 3 amide bonds. The summed E-state index contributed by atoms with van der Waals surface area (Å²) in [6.07, 6.45) is 0.853. The summed E-state index contributed by atoms with van der Waals surface area (Å²) in [7, 11) is 0. The molecule has 0 spiro atoms. The molecular formula is C28H27N3O6. The predicted octanol–water partition coefficient (Wildman–Crippen LogP) is 3.98. The van der Waals surface area contributed by atoms with Gasteiger partial charge in [-0.3, -0.25) is 4.79 Å². The molecule has 9 heteroatoms. The largest absolute Gasteiger partial charge is 0.480 e. The minimum atomic E-state index is -1.08. The number of nitrogens with zero attached hydrogens (tertiary/aromatic N) is 1. The Hall–Kier alpha value is -4.66. The first-order valence-corrected chi connectivity index (χ1v) is 11.9. The second-order valence-corrected chi connectivity index (χ2v) is 8.61. The molecule has 9 nitrogen and oxygen atoms in total. The van der Waals surface area contributed by atoms with Gasteiger partial charge in [-0.05, 0) is 42.2 Å². The number of likely N-dealkylation sites (tertiary alicyclic amines) is 1. The molecular weight excluding hydrogens is 474 g/mol. The quantitative estimate of drug-likeness (QED) is 0.401. The molecule has 0 bridgehead atoms. The molecule has 0 aromatic heterocycles. The minimum absolute atomic E-state index is 0.123. The van der Waals surface area contributed by atoms with Crippen molar-refractivity contribution in [2.75, 3.05) is 11.9 Å². The van der Waals surface area contributed by atoms with Crippen molar-refractivity contribution in [3.8, 4) is 0 Å². The minimum Gasteiger partial charge on any atom is -0.480 e. The summed E-state index contributed by atoms with van der Waals surface area (Å²) in [6.45, 7) is -0.254. The summed E-state index contributed by atoms with van der Waals surface area (Å²) in [5.41, 5.74) is 2.30. The van der Waals surface area contributed by atoms with Crippen LogP contribution in [0.15, 0.2) is 84.9 Å². The fourth-order valence-electron chi connectivity index (χ4n) is 4.36. The van der Waals surface area contributed by atoms with E-state index in [1.165, 1.54) is 11.0 Å². The van der Waals surface area contributed by atoms with Gasteiger partial charge in [0.05, 0.1) is 18.2 Å². The monoisotopic (exact) mass is 501 g/mol. The van der Waals surface area contributed by atoms with E-state index in [0.29, 0.717) is 18.5 Å². The van der Waals surface area contributed by atoms with Gasteiger partial charge >= 0.3 is 18.0 Å². The average Bonchev–Trinajstić information content (AvgIpc) is 3.37. The standard InChI is InChI=1S/C28H27N3O6/c32-25(31-23(14-15-24(31)26(33)34)20-10-5-2-6-11-20)17-29-28(36)30-22-13-7-12-21(16-22)27(35)37-18-19-8-3-1-4-9-19/h1-13,16,23-24H,14-15,17-18H2,(H,33,34)(H2,29,30,36). The van der Waals surface area contributed by atoms with E-state index in [1.54, 1.807) is 18.2 Å². The fraction of sp³-hybridized carbons (Fsp3) is 0.214. The van der Waals surface area contributed by atoms with Crippen molar-refractivity contribution in [2.45, 2.75) is 31.5 Å². The Morgan fingerprint density at radius 3 is 2.30 bits per heavy atom. The Labute approximate surface area is 214 Å². The van der Waals surface area contributed by atoms with Crippen LogP contribution in [0.4, 0.5) is 10.5 Å². The normalized spacial score (nSPS) is 16.6. The summed E-state index contributed by atoms with van der Waals surface area (Å²) in [6, 6.07) is 22.8. The molecule has 1 heterocycles. The van der Waals surface area contributed by atoms with Crippen LogP contribution >= 0.6 is 0 Å². The Balaban J connectivity index is 1.33. The van der Waals surface area contributed by atoms with Crippen molar-refractivity contribution >= 4 is 29.6 Å². The van der Waals surface area contributed by atoms with Gasteiger partial charge in [0.15, 0.2) is 0 Å². The van der Waals surface area contributed by atoms with Gasteiger partial charge in [-0.25, -0.2) is 14.4 Å². The maximum absolute atomic E-state index is 13.0. The van der Waals surface area contributed by atoms with E-state index in [4.69, 9.17) is 4.74 Å². The molecule has 3 N–H and O–H groups in total. The topological polar surface area (TPSA) is 125 Å². The average molecular weight is 502 g/mol. The molecule has 0 radical (unpaired) electrons. The summed E-state index contributed by atoms with van der Waals surface area (Å²) >= 11 is 0. The van der Waals surface area contributed by atoms with Gasteiger partial charge < -0.3 is 25.4 Å². The number of ether oxygens (including phenoxy) is 1. The number of aliphatic carboxylic acids is 1. The van der Waals surface area contributed by atoms with Crippen LogP contribution in [0, 0.1) is 0 Å². The number of carbonyl (C=O) groups is 4. The molecule has 0 saturated carbocycles. The molecule has 1 aliphatic rings. The lowest BCUT2D eigenvalue weighted by Gasteiger charge is -2.28. The number of benzene rings is 3. The van der Waals surface area contributed by atoms with E-state index in [9.17, 15) is 24.3 Å². The summed E-state index contributed by atoms with van der Waals surface area (Å²) in [5.74, 6) is -2.11. The second-order valence-electron chi connectivity index (χ2n) is 8.61. The zero-order valence-corrected chi connectivity index (χ0v) is 20.0. The molecule has 3 aromatic rings. The van der Waals surface area contributed by atoms with Crippen molar-refractivity contribution in [1.29, 1.82) is 0 Å². The first-order chi connectivity index (χ1) is 17.9. The molecule has 190 valence electrons. The van der Waals surface area contributed by atoms with Crippen LogP contribution in [0.3, 0.4) is 0 Å². The third-order valence-corrected chi connectivity index (χ3v) is 6.11. The number of urea groups is 1. The van der Waals surface area contributed by atoms with Gasteiger partial charge in [0.2, 0.25) is 5.91 Å². The Bertz CT molecular complexity index is 1270. The third-order valence-electron chi connectivity index (χ3n) is 6.11. The number of anilines is 1. The molecule has 3 aromatic carbocycles. The van der Waals surface area contributed by atoms with Crippen molar-refractivity contribution in [3.63, 3.8) is 0 Å². The summed E-state index contributed by atoms with van der Waals surface area (Å²) in [5, 5.41) is 14.7. The van der Waals surface area contributed by atoms with Crippen LogP contribution in [0.2, 0.25) is 0 Å². The molecule has 0 aliphatic carbocycles. The van der Waals surface area contributed by atoms with Crippen LogP contribution in [0.5, 0.6) is 0 Å². The summed E-state index contributed by atoms with van der Waals surface area (Å²) < 4.78 is 5.32. The Kier molecular flexibility index (Phi) is 8.15. The van der Waals surface area contributed by atoms with Crippen LogP contribution in [0.1, 0.15) is 40.4 Å². The maximum atomic E-state index is 13.0. The SMILES string of the molecule is O=C(NCC(=O)N1C(C(=O)O)CCC1c1ccccc1)Nc1cccc(C(=O)OCc2ccccc2)c1.